The van der Waals surface area contributed by atoms with E-state index in [0.717, 1.165) is 0 Å². The highest BCUT2D eigenvalue weighted by Gasteiger charge is 2.28. The van der Waals surface area contributed by atoms with Gasteiger partial charge in [0.1, 0.15) is 5.60 Å². The summed E-state index contributed by atoms with van der Waals surface area (Å²) < 4.78 is 0. The minimum atomic E-state index is -1.48. The van der Waals surface area contributed by atoms with Crippen LogP contribution in [0.5, 0.6) is 0 Å². The number of allylic oxidation sites excluding steroid dienone is 4. The van der Waals surface area contributed by atoms with E-state index in [4.69, 9.17) is 5.73 Å². The maximum atomic E-state index is 11.8. The van der Waals surface area contributed by atoms with Crippen molar-refractivity contribution >= 4 is 17.6 Å². The molecule has 1 rings (SSSR count). The molecule has 0 aromatic heterocycles. The molecule has 0 aliphatic heterocycles. The average Bonchev–Trinajstić information content (AvgIpc) is 2.46. The Balaban J connectivity index is 2.73. The number of ketones is 1. The molecular weight excluding hydrogens is 296 g/mol. The van der Waals surface area contributed by atoms with Gasteiger partial charge in [0.05, 0.1) is 5.70 Å². The number of amides is 2. The third kappa shape index (κ3) is 6.88. The summed E-state index contributed by atoms with van der Waals surface area (Å²) in [6.45, 7) is 4.02. The molecule has 0 saturated carbocycles. The molecule has 0 heterocycles. The Morgan fingerprint density at radius 1 is 1.39 bits per heavy atom. The first-order chi connectivity index (χ1) is 10.7. The summed E-state index contributed by atoms with van der Waals surface area (Å²) in [4.78, 5) is 34.4. The zero-order chi connectivity index (χ0) is 17.5. The summed E-state index contributed by atoms with van der Waals surface area (Å²) in [5.74, 6) is -1.09. The Bertz CT molecular complexity index is 600. The van der Waals surface area contributed by atoms with Crippen LogP contribution in [0, 0.1) is 5.92 Å². The second-order valence-corrected chi connectivity index (χ2v) is 5.69. The minimum Gasteiger partial charge on any atom is -0.382 e. The maximum absolute atomic E-state index is 11.8. The first-order valence-corrected chi connectivity index (χ1v) is 7.35. The fourth-order valence-corrected chi connectivity index (χ4v) is 1.86. The average molecular weight is 318 g/mol. The van der Waals surface area contributed by atoms with Crippen molar-refractivity contribution in [3.8, 4) is 0 Å². The third-order valence-electron chi connectivity index (χ3n) is 3.07. The van der Waals surface area contributed by atoms with Gasteiger partial charge in [0, 0.05) is 12.5 Å². The lowest BCUT2D eigenvalue weighted by Gasteiger charge is -2.24. The van der Waals surface area contributed by atoms with Gasteiger partial charge in [-0.1, -0.05) is 32.1 Å². The Kier molecular flexibility index (Phi) is 6.65. The number of primary amides is 1. The normalized spacial score (nSPS) is 21.2. The summed E-state index contributed by atoms with van der Waals surface area (Å²) in [6, 6.07) is 0. The molecule has 6 heteroatoms. The molecule has 0 spiro atoms. The molecule has 2 amide bonds. The predicted octanol–water partition coefficient (Wildman–Crippen LogP) is 0.890. The van der Waals surface area contributed by atoms with Crippen molar-refractivity contribution in [3.05, 3.63) is 48.2 Å². The zero-order valence-corrected chi connectivity index (χ0v) is 13.3. The number of carbonyl (C=O) groups is 3. The lowest BCUT2D eigenvalue weighted by Crippen LogP contribution is -2.35. The molecule has 0 radical (unpaired) electrons. The van der Waals surface area contributed by atoms with Gasteiger partial charge < -0.3 is 16.2 Å². The first kappa shape index (κ1) is 18.6. The van der Waals surface area contributed by atoms with E-state index in [-0.39, 0.29) is 18.5 Å². The molecule has 0 saturated heterocycles. The molecule has 23 heavy (non-hydrogen) atoms. The van der Waals surface area contributed by atoms with Gasteiger partial charge in [-0.15, -0.1) is 0 Å². The van der Waals surface area contributed by atoms with E-state index in [1.807, 2.05) is 19.9 Å². The number of aliphatic hydroxyl groups is 1. The van der Waals surface area contributed by atoms with E-state index >= 15 is 0 Å². The standard InChI is InChI=1S/C17H22N2O4/c1-12(2)5-3-4-6-16(22)19-13-11-17(23,9-7-14(13)20)10-8-15(18)21/h3-7,9,11-12,23H,8,10H2,1-2H3,(H2,18,21)(H,19,22)/b5-3+,6-4-/t17-/m1/s1. The molecule has 0 aromatic rings. The van der Waals surface area contributed by atoms with Gasteiger partial charge in [-0.05, 0) is 30.6 Å². The highest BCUT2D eigenvalue weighted by atomic mass is 16.3. The molecule has 124 valence electrons. The quantitative estimate of drug-likeness (QED) is 0.478. The molecule has 0 aromatic carbocycles. The molecule has 6 nitrogen and oxygen atoms in total. The molecule has 0 unspecified atom stereocenters. The summed E-state index contributed by atoms with van der Waals surface area (Å²) in [5, 5.41) is 12.7. The number of nitrogens with two attached hydrogens (primary N) is 1. The van der Waals surface area contributed by atoms with Crippen LogP contribution in [0.1, 0.15) is 26.7 Å². The van der Waals surface area contributed by atoms with Crippen LogP contribution in [0.2, 0.25) is 0 Å². The Hall–Kier alpha value is -2.47. The Morgan fingerprint density at radius 2 is 2.09 bits per heavy atom. The SMILES string of the molecule is CC(C)/C=C/C=C\C(=O)NC1=C[C@](O)(CCC(N)=O)C=CC1=O. The van der Waals surface area contributed by atoms with Crippen molar-refractivity contribution in [2.75, 3.05) is 0 Å². The smallest absolute Gasteiger partial charge is 0.248 e. The van der Waals surface area contributed by atoms with Crippen molar-refractivity contribution in [2.24, 2.45) is 11.7 Å². The van der Waals surface area contributed by atoms with Crippen LogP contribution in [0.3, 0.4) is 0 Å². The molecule has 1 aliphatic carbocycles. The van der Waals surface area contributed by atoms with Crippen LogP contribution in [0.4, 0.5) is 0 Å². The van der Waals surface area contributed by atoms with Crippen molar-refractivity contribution in [1.29, 1.82) is 0 Å². The van der Waals surface area contributed by atoms with Crippen LogP contribution in [-0.4, -0.2) is 28.3 Å². The monoisotopic (exact) mass is 318 g/mol. The van der Waals surface area contributed by atoms with Gasteiger partial charge >= 0.3 is 0 Å². The molecule has 1 atom stereocenters. The summed E-state index contributed by atoms with van der Waals surface area (Å²) in [6.07, 6.45) is 10.2. The number of carbonyl (C=O) groups excluding carboxylic acids is 3. The molecule has 4 N–H and O–H groups in total. The van der Waals surface area contributed by atoms with Crippen LogP contribution in [-0.2, 0) is 14.4 Å². The van der Waals surface area contributed by atoms with Crippen molar-refractivity contribution in [2.45, 2.75) is 32.3 Å². The van der Waals surface area contributed by atoms with Crippen LogP contribution in [0.25, 0.3) is 0 Å². The molecule has 1 aliphatic rings. The second-order valence-electron chi connectivity index (χ2n) is 5.69. The summed E-state index contributed by atoms with van der Waals surface area (Å²) >= 11 is 0. The maximum Gasteiger partial charge on any atom is 0.248 e. The Morgan fingerprint density at radius 3 is 2.70 bits per heavy atom. The van der Waals surface area contributed by atoms with Crippen molar-refractivity contribution in [3.63, 3.8) is 0 Å². The minimum absolute atomic E-state index is 0.0260. The van der Waals surface area contributed by atoms with E-state index in [0.29, 0.717) is 5.92 Å². The van der Waals surface area contributed by atoms with Gasteiger partial charge in [-0.3, -0.25) is 14.4 Å². The summed E-state index contributed by atoms with van der Waals surface area (Å²) in [7, 11) is 0. The van der Waals surface area contributed by atoms with Crippen molar-refractivity contribution < 1.29 is 19.5 Å². The zero-order valence-electron chi connectivity index (χ0n) is 13.3. The van der Waals surface area contributed by atoms with E-state index < -0.39 is 23.2 Å². The fourth-order valence-electron chi connectivity index (χ4n) is 1.86. The van der Waals surface area contributed by atoms with Gasteiger partial charge in [0.2, 0.25) is 17.6 Å². The molecule has 0 fully saturated rings. The fraction of sp³-hybridized carbons (Fsp3) is 0.353. The highest BCUT2D eigenvalue weighted by Crippen LogP contribution is 2.22. The van der Waals surface area contributed by atoms with Crippen LogP contribution < -0.4 is 11.1 Å². The van der Waals surface area contributed by atoms with Crippen LogP contribution in [0.15, 0.2) is 48.2 Å². The van der Waals surface area contributed by atoms with Gasteiger partial charge in [-0.25, -0.2) is 0 Å². The number of rotatable bonds is 7. The second kappa shape index (κ2) is 8.24. The number of hydrogen-bond acceptors (Lipinski definition) is 4. The number of hydrogen-bond donors (Lipinski definition) is 3. The van der Waals surface area contributed by atoms with E-state index in [1.165, 1.54) is 24.3 Å². The van der Waals surface area contributed by atoms with Gasteiger partial charge in [-0.2, -0.15) is 0 Å². The number of nitrogens with one attached hydrogen (secondary N) is 1. The third-order valence-corrected chi connectivity index (χ3v) is 3.07. The molecule has 0 bridgehead atoms. The van der Waals surface area contributed by atoms with E-state index in [1.54, 1.807) is 12.2 Å². The summed E-state index contributed by atoms with van der Waals surface area (Å²) in [5.41, 5.74) is 3.55. The predicted molar refractivity (Wildman–Crippen MR) is 86.9 cm³/mol. The highest BCUT2D eigenvalue weighted by molar-refractivity contribution is 6.08. The van der Waals surface area contributed by atoms with Crippen LogP contribution >= 0.6 is 0 Å². The van der Waals surface area contributed by atoms with Crippen molar-refractivity contribution in [1.82, 2.24) is 5.32 Å². The van der Waals surface area contributed by atoms with E-state index in [9.17, 15) is 19.5 Å². The van der Waals surface area contributed by atoms with Gasteiger partial charge in [0.15, 0.2) is 0 Å². The largest absolute Gasteiger partial charge is 0.382 e. The van der Waals surface area contributed by atoms with Gasteiger partial charge in [0.25, 0.3) is 0 Å². The Labute approximate surface area is 135 Å². The molecular formula is C17H22N2O4. The topological polar surface area (TPSA) is 109 Å². The first-order valence-electron chi connectivity index (χ1n) is 7.35. The lowest BCUT2D eigenvalue weighted by atomic mass is 9.90. The lowest BCUT2D eigenvalue weighted by molar-refractivity contribution is -0.119. The van der Waals surface area contributed by atoms with E-state index in [2.05, 4.69) is 5.32 Å².